The van der Waals surface area contributed by atoms with Gasteiger partial charge in [0.2, 0.25) is 0 Å². The predicted molar refractivity (Wildman–Crippen MR) is 65.7 cm³/mol. The van der Waals surface area contributed by atoms with Crippen LogP contribution in [0.25, 0.3) is 0 Å². The molecule has 0 amide bonds. The zero-order valence-electron chi connectivity index (χ0n) is 8.91. The van der Waals surface area contributed by atoms with Crippen molar-refractivity contribution in [3.63, 3.8) is 0 Å². The van der Waals surface area contributed by atoms with Gasteiger partial charge in [-0.1, -0.05) is 21.6 Å². The number of hydrogen-bond acceptors (Lipinski definition) is 6. The first-order valence-corrected chi connectivity index (χ1v) is 7.09. The molecule has 0 saturated heterocycles. The second kappa shape index (κ2) is 8.56. The Labute approximate surface area is 106 Å². The van der Waals surface area contributed by atoms with Gasteiger partial charge >= 0.3 is 11.9 Å². The Morgan fingerprint density at radius 3 is 2.24 bits per heavy atom. The number of aliphatic carboxylic acids is 2. The second-order valence-electron chi connectivity index (χ2n) is 3.21. The van der Waals surface area contributed by atoms with Crippen molar-refractivity contribution in [2.75, 3.05) is 12.4 Å². The van der Waals surface area contributed by atoms with Crippen LogP contribution in [-0.4, -0.2) is 51.9 Å². The fraction of sp³-hybridized carbons (Fsp3) is 0.750. The van der Waals surface area contributed by atoms with Crippen LogP contribution >= 0.6 is 21.6 Å². The Kier molecular flexibility index (Phi) is 8.30. The number of rotatable bonds is 9. The number of carboxylic acid groups (broad SMARTS) is 2. The highest BCUT2D eigenvalue weighted by Crippen LogP contribution is 2.31. The van der Waals surface area contributed by atoms with E-state index in [4.69, 9.17) is 21.7 Å². The third-order valence-corrected chi connectivity index (χ3v) is 4.80. The number of hydrogen-bond donors (Lipinski definition) is 4. The van der Waals surface area contributed by atoms with E-state index < -0.39 is 35.9 Å². The van der Waals surface area contributed by atoms with Crippen LogP contribution in [0, 0.1) is 0 Å². The lowest BCUT2D eigenvalue weighted by Gasteiger charge is -2.18. The summed E-state index contributed by atoms with van der Waals surface area (Å²) in [5.74, 6) is -2.24. The van der Waals surface area contributed by atoms with Crippen LogP contribution in [0.2, 0.25) is 0 Å². The highest BCUT2D eigenvalue weighted by Gasteiger charge is 2.25. The van der Waals surface area contributed by atoms with E-state index in [1.54, 1.807) is 0 Å². The maximum Gasteiger partial charge on any atom is 0.321 e. The molecule has 0 saturated carbocycles. The summed E-state index contributed by atoms with van der Waals surface area (Å²) in [4.78, 5) is 21.0. The molecule has 9 heteroatoms. The molecule has 0 heterocycles. The van der Waals surface area contributed by atoms with Crippen molar-refractivity contribution in [1.82, 2.24) is 0 Å². The number of halogens is 1. The molecule has 0 fully saturated rings. The van der Waals surface area contributed by atoms with E-state index in [0.717, 1.165) is 21.6 Å². The second-order valence-corrected chi connectivity index (χ2v) is 5.86. The predicted octanol–water partition coefficient (Wildman–Crippen LogP) is -0.0802. The van der Waals surface area contributed by atoms with Gasteiger partial charge in [0, 0.05) is 11.0 Å². The van der Waals surface area contributed by atoms with Crippen molar-refractivity contribution in [3.05, 3.63) is 0 Å². The summed E-state index contributed by atoms with van der Waals surface area (Å²) in [5.41, 5.74) is 10.6. The summed E-state index contributed by atoms with van der Waals surface area (Å²) in [5, 5.41) is 16.6. The molecule has 6 nitrogen and oxygen atoms in total. The smallest absolute Gasteiger partial charge is 0.321 e. The molecule has 0 aromatic heterocycles. The summed E-state index contributed by atoms with van der Waals surface area (Å²) in [6.07, 6.45) is 0.00738. The van der Waals surface area contributed by atoms with Crippen molar-refractivity contribution < 1.29 is 24.2 Å². The van der Waals surface area contributed by atoms with E-state index in [1.165, 1.54) is 0 Å². The molecule has 0 aromatic rings. The maximum absolute atomic E-state index is 12.2. The minimum atomic E-state index is -1.21. The molecule has 0 aromatic carbocycles. The van der Waals surface area contributed by atoms with Gasteiger partial charge in [0.15, 0.2) is 0 Å². The number of carbonyl (C=O) groups is 2. The van der Waals surface area contributed by atoms with Crippen LogP contribution in [0.3, 0.4) is 0 Å². The van der Waals surface area contributed by atoms with E-state index in [1.807, 2.05) is 0 Å². The molecule has 3 atom stereocenters. The third kappa shape index (κ3) is 6.71. The van der Waals surface area contributed by atoms with Gasteiger partial charge in [-0.25, -0.2) is 0 Å². The van der Waals surface area contributed by atoms with Crippen LogP contribution < -0.4 is 11.5 Å². The summed E-state index contributed by atoms with van der Waals surface area (Å²) in [7, 11) is 2.14. The van der Waals surface area contributed by atoms with Gasteiger partial charge < -0.3 is 21.7 Å². The molecule has 0 rings (SSSR count). The van der Waals surface area contributed by atoms with Gasteiger partial charge in [-0.2, -0.15) is 0 Å². The van der Waals surface area contributed by atoms with E-state index >= 15 is 0 Å². The van der Waals surface area contributed by atoms with Gasteiger partial charge in [-0.05, 0) is 6.42 Å². The molecule has 1 unspecified atom stereocenters. The van der Waals surface area contributed by atoms with Gasteiger partial charge in [0.05, 0.1) is 6.67 Å². The molecule has 6 N–H and O–H groups in total. The summed E-state index contributed by atoms with van der Waals surface area (Å²) < 4.78 is 12.2. The van der Waals surface area contributed by atoms with Crippen LogP contribution in [0.5, 0.6) is 0 Å². The van der Waals surface area contributed by atoms with Crippen molar-refractivity contribution in [1.29, 1.82) is 0 Å². The first-order valence-electron chi connectivity index (χ1n) is 4.71. The molecular formula is C8H15FN2O4S2. The number of nitrogens with two attached hydrogens (primary N) is 2. The van der Waals surface area contributed by atoms with Crippen LogP contribution in [-0.2, 0) is 9.59 Å². The van der Waals surface area contributed by atoms with Crippen molar-refractivity contribution in [2.24, 2.45) is 11.5 Å². The summed E-state index contributed by atoms with van der Waals surface area (Å²) in [6, 6.07) is -2.20. The molecule has 17 heavy (non-hydrogen) atoms. The standard InChI is InChI=1S/C8H15FN2O4S2/c9-2-1-5(6(11)8(14)15)17-16-3-4(10)7(12)13/h4-6H,1-3,10-11H2,(H,12,13)(H,14,15)/t4-,5?,6-/m0/s1. The van der Waals surface area contributed by atoms with E-state index in [-0.39, 0.29) is 12.2 Å². The van der Waals surface area contributed by atoms with Crippen molar-refractivity contribution in [2.45, 2.75) is 23.8 Å². The molecule has 0 aliphatic carbocycles. The molecule has 0 aliphatic heterocycles. The Hall–Kier alpha value is -0.510. The minimum Gasteiger partial charge on any atom is -0.480 e. The molecule has 0 bridgehead atoms. The molecule has 0 radical (unpaired) electrons. The first kappa shape index (κ1) is 16.5. The summed E-state index contributed by atoms with van der Waals surface area (Å²) in [6.45, 7) is -0.676. The third-order valence-electron chi connectivity index (χ3n) is 1.84. The van der Waals surface area contributed by atoms with Crippen LogP contribution in [0.15, 0.2) is 0 Å². The maximum atomic E-state index is 12.2. The Bertz CT molecular complexity index is 270. The lowest BCUT2D eigenvalue weighted by molar-refractivity contribution is -0.139. The molecule has 100 valence electrons. The van der Waals surface area contributed by atoms with E-state index in [0.29, 0.717) is 0 Å². The lowest BCUT2D eigenvalue weighted by atomic mass is 10.2. The van der Waals surface area contributed by atoms with Crippen molar-refractivity contribution in [3.8, 4) is 0 Å². The summed E-state index contributed by atoms with van der Waals surface area (Å²) >= 11 is 0. The van der Waals surface area contributed by atoms with Crippen LogP contribution in [0.4, 0.5) is 4.39 Å². The van der Waals surface area contributed by atoms with Crippen LogP contribution in [0.1, 0.15) is 6.42 Å². The zero-order valence-corrected chi connectivity index (χ0v) is 10.5. The average Bonchev–Trinajstić information content (AvgIpc) is 2.26. The van der Waals surface area contributed by atoms with E-state index in [9.17, 15) is 14.0 Å². The Balaban J connectivity index is 4.09. The normalized spacial score (nSPS) is 16.2. The molecule has 0 aliphatic rings. The monoisotopic (exact) mass is 286 g/mol. The first-order chi connectivity index (χ1) is 7.90. The minimum absolute atomic E-state index is 0.00738. The quantitative estimate of drug-likeness (QED) is 0.433. The number of carboxylic acids is 2. The highest BCUT2D eigenvalue weighted by atomic mass is 33.1. The fourth-order valence-electron chi connectivity index (χ4n) is 0.825. The zero-order chi connectivity index (χ0) is 13.4. The van der Waals surface area contributed by atoms with Crippen molar-refractivity contribution >= 4 is 33.5 Å². The van der Waals surface area contributed by atoms with Gasteiger partial charge in [-0.15, -0.1) is 0 Å². The topological polar surface area (TPSA) is 127 Å². The van der Waals surface area contributed by atoms with E-state index in [2.05, 4.69) is 0 Å². The Morgan fingerprint density at radius 1 is 1.24 bits per heavy atom. The largest absolute Gasteiger partial charge is 0.480 e. The van der Waals surface area contributed by atoms with Gasteiger partial charge in [0.25, 0.3) is 0 Å². The average molecular weight is 286 g/mol. The SMILES string of the molecule is N[C@H](C(=O)O)C(CCF)SSC[C@H](N)C(=O)O. The lowest BCUT2D eigenvalue weighted by Crippen LogP contribution is -2.40. The van der Waals surface area contributed by atoms with Gasteiger partial charge in [0.1, 0.15) is 12.1 Å². The van der Waals surface area contributed by atoms with Gasteiger partial charge in [-0.3, -0.25) is 14.0 Å². The molecule has 0 spiro atoms. The molecular weight excluding hydrogens is 271 g/mol. The fourth-order valence-corrected chi connectivity index (χ4v) is 3.64. The highest BCUT2D eigenvalue weighted by molar-refractivity contribution is 8.77. The number of alkyl halides is 1. The Morgan fingerprint density at radius 2 is 1.82 bits per heavy atom.